The summed E-state index contributed by atoms with van der Waals surface area (Å²) in [6, 6.07) is 20.3. The number of benzene rings is 3. The Morgan fingerprint density at radius 3 is 2.04 bits per heavy atom. The Labute approximate surface area is 157 Å². The van der Waals surface area contributed by atoms with Crippen LogP contribution in [0.3, 0.4) is 0 Å². The number of nitrogens with one attached hydrogen (secondary N) is 1. The molecule has 5 nitrogen and oxygen atoms in total. The number of ether oxygens (including phenoxy) is 3. The second-order valence-electron chi connectivity index (χ2n) is 6.11. The van der Waals surface area contributed by atoms with Gasteiger partial charge >= 0.3 is 0 Å². The molecule has 4 aromatic rings. The van der Waals surface area contributed by atoms with Crippen molar-refractivity contribution >= 4 is 10.9 Å². The number of hydrogen-bond donors (Lipinski definition) is 1. The molecule has 27 heavy (non-hydrogen) atoms. The monoisotopic (exact) mass is 360 g/mol. The molecule has 0 aliphatic rings. The third-order valence-electron chi connectivity index (χ3n) is 4.61. The lowest BCUT2D eigenvalue weighted by Crippen LogP contribution is -1.95. The van der Waals surface area contributed by atoms with Gasteiger partial charge in [-0.1, -0.05) is 36.4 Å². The van der Waals surface area contributed by atoms with Crippen LogP contribution in [0.2, 0.25) is 0 Å². The van der Waals surface area contributed by atoms with E-state index in [1.165, 1.54) is 0 Å². The predicted molar refractivity (Wildman–Crippen MR) is 107 cm³/mol. The van der Waals surface area contributed by atoms with Crippen LogP contribution < -0.4 is 14.2 Å². The summed E-state index contributed by atoms with van der Waals surface area (Å²) in [4.78, 5) is 0. The fourth-order valence-electron chi connectivity index (χ4n) is 3.26. The van der Waals surface area contributed by atoms with Gasteiger partial charge in [-0.15, -0.1) is 0 Å². The first-order chi connectivity index (χ1) is 13.2. The molecule has 4 rings (SSSR count). The zero-order valence-corrected chi connectivity index (χ0v) is 15.4. The molecular weight excluding hydrogens is 340 g/mol. The summed E-state index contributed by atoms with van der Waals surface area (Å²) in [6.45, 7) is 0. The lowest BCUT2D eigenvalue weighted by molar-refractivity contribution is 0.324. The van der Waals surface area contributed by atoms with Crippen molar-refractivity contribution in [1.82, 2.24) is 10.2 Å². The zero-order valence-electron chi connectivity index (χ0n) is 15.4. The summed E-state index contributed by atoms with van der Waals surface area (Å²) < 4.78 is 16.4. The van der Waals surface area contributed by atoms with Crippen molar-refractivity contribution in [3.05, 3.63) is 60.7 Å². The fourth-order valence-corrected chi connectivity index (χ4v) is 3.26. The molecule has 1 N–H and O–H groups in total. The highest BCUT2D eigenvalue weighted by atomic mass is 16.5. The van der Waals surface area contributed by atoms with E-state index in [0.717, 1.165) is 33.3 Å². The summed E-state index contributed by atoms with van der Waals surface area (Å²) in [5.74, 6) is 1.84. The first-order valence-corrected chi connectivity index (χ1v) is 8.59. The number of fused-ring (bicyclic) bond motifs is 1. The Morgan fingerprint density at radius 2 is 1.41 bits per heavy atom. The molecule has 0 fully saturated rings. The van der Waals surface area contributed by atoms with Crippen LogP contribution in [-0.2, 0) is 0 Å². The van der Waals surface area contributed by atoms with Gasteiger partial charge in [-0.05, 0) is 35.4 Å². The Hall–Kier alpha value is -3.47. The van der Waals surface area contributed by atoms with Gasteiger partial charge in [0.1, 0.15) is 0 Å². The first-order valence-electron chi connectivity index (χ1n) is 8.59. The molecule has 5 heteroatoms. The highest BCUT2D eigenvalue weighted by molar-refractivity contribution is 5.95. The van der Waals surface area contributed by atoms with E-state index in [-0.39, 0.29) is 0 Å². The van der Waals surface area contributed by atoms with Gasteiger partial charge in [-0.25, -0.2) is 0 Å². The van der Waals surface area contributed by atoms with Crippen LogP contribution in [0, 0.1) is 0 Å². The van der Waals surface area contributed by atoms with Crippen molar-refractivity contribution in [3.8, 4) is 39.6 Å². The molecule has 3 aromatic carbocycles. The molecule has 1 aromatic heterocycles. The van der Waals surface area contributed by atoms with E-state index >= 15 is 0 Å². The van der Waals surface area contributed by atoms with Gasteiger partial charge in [0.25, 0.3) is 0 Å². The van der Waals surface area contributed by atoms with Crippen LogP contribution in [0.5, 0.6) is 17.2 Å². The van der Waals surface area contributed by atoms with E-state index in [2.05, 4.69) is 34.5 Å². The second-order valence-corrected chi connectivity index (χ2v) is 6.11. The predicted octanol–water partition coefficient (Wildman–Crippen LogP) is 4.92. The largest absolute Gasteiger partial charge is 0.493 e. The van der Waals surface area contributed by atoms with E-state index < -0.39 is 0 Å². The van der Waals surface area contributed by atoms with Crippen LogP contribution in [0.15, 0.2) is 60.7 Å². The number of nitrogens with zero attached hydrogens (tertiary/aromatic N) is 1. The molecule has 0 aliphatic carbocycles. The molecule has 0 atom stereocenters. The minimum absolute atomic E-state index is 0.582. The summed E-state index contributed by atoms with van der Waals surface area (Å²) in [7, 11) is 4.84. The fraction of sp³-hybridized carbons (Fsp3) is 0.136. The highest BCUT2D eigenvalue weighted by Gasteiger charge is 2.15. The van der Waals surface area contributed by atoms with Gasteiger partial charge in [0.2, 0.25) is 5.75 Å². The summed E-state index contributed by atoms with van der Waals surface area (Å²) in [6.07, 6.45) is 0. The number of rotatable bonds is 5. The standard InChI is InChI=1S/C22H20N2O3/c1-25-19-12-16(13-20(26-2)22(19)27-3)15-9-10-18-17(11-15)21(24-23-18)14-7-5-4-6-8-14/h4-13H,1-3H3,(H,23,24). The van der Waals surface area contributed by atoms with Crippen LogP contribution in [-0.4, -0.2) is 31.5 Å². The molecule has 0 unspecified atom stereocenters. The molecule has 0 saturated heterocycles. The van der Waals surface area contributed by atoms with Gasteiger partial charge in [0.05, 0.1) is 32.5 Å². The Balaban J connectivity index is 1.88. The van der Waals surface area contributed by atoms with Gasteiger partial charge < -0.3 is 14.2 Å². The van der Waals surface area contributed by atoms with E-state index in [1.54, 1.807) is 21.3 Å². The van der Waals surface area contributed by atoms with Crippen molar-refractivity contribution in [3.63, 3.8) is 0 Å². The average molecular weight is 360 g/mol. The molecule has 0 amide bonds. The third kappa shape index (κ3) is 2.97. The number of aromatic amines is 1. The number of H-pyrrole nitrogens is 1. The smallest absolute Gasteiger partial charge is 0.203 e. The van der Waals surface area contributed by atoms with Crippen LogP contribution in [0.1, 0.15) is 0 Å². The van der Waals surface area contributed by atoms with E-state index in [1.807, 2.05) is 36.4 Å². The van der Waals surface area contributed by atoms with E-state index in [4.69, 9.17) is 14.2 Å². The SMILES string of the molecule is COc1cc(-c2ccc3[nH]nc(-c4ccccc4)c3c2)cc(OC)c1OC. The van der Waals surface area contributed by atoms with Crippen LogP contribution in [0.4, 0.5) is 0 Å². The number of hydrogen-bond acceptors (Lipinski definition) is 4. The Kier molecular flexibility index (Phi) is 4.42. The molecule has 1 heterocycles. The molecule has 0 radical (unpaired) electrons. The van der Waals surface area contributed by atoms with Gasteiger partial charge in [0.15, 0.2) is 11.5 Å². The topological polar surface area (TPSA) is 56.4 Å². The molecular formula is C22H20N2O3. The van der Waals surface area contributed by atoms with Gasteiger partial charge in [-0.3, -0.25) is 5.10 Å². The van der Waals surface area contributed by atoms with Crippen LogP contribution in [0.25, 0.3) is 33.3 Å². The molecule has 0 aliphatic heterocycles. The average Bonchev–Trinajstić information content (AvgIpc) is 3.16. The molecule has 0 bridgehead atoms. The van der Waals surface area contributed by atoms with Crippen molar-refractivity contribution in [2.75, 3.05) is 21.3 Å². The van der Waals surface area contributed by atoms with E-state index in [9.17, 15) is 0 Å². The zero-order chi connectivity index (χ0) is 18.8. The lowest BCUT2D eigenvalue weighted by Gasteiger charge is -2.14. The summed E-state index contributed by atoms with van der Waals surface area (Å²) >= 11 is 0. The third-order valence-corrected chi connectivity index (χ3v) is 4.61. The molecule has 0 spiro atoms. The van der Waals surface area contributed by atoms with Crippen molar-refractivity contribution < 1.29 is 14.2 Å². The van der Waals surface area contributed by atoms with Gasteiger partial charge in [-0.2, -0.15) is 5.10 Å². The molecule has 0 saturated carbocycles. The minimum Gasteiger partial charge on any atom is -0.493 e. The summed E-state index contributed by atoms with van der Waals surface area (Å²) in [5, 5.41) is 8.67. The van der Waals surface area contributed by atoms with Crippen LogP contribution >= 0.6 is 0 Å². The normalized spacial score (nSPS) is 10.8. The Morgan fingerprint density at radius 1 is 0.704 bits per heavy atom. The van der Waals surface area contributed by atoms with Crippen molar-refractivity contribution in [2.24, 2.45) is 0 Å². The van der Waals surface area contributed by atoms with Gasteiger partial charge in [0, 0.05) is 10.9 Å². The molecule has 136 valence electrons. The maximum Gasteiger partial charge on any atom is 0.203 e. The second kappa shape index (κ2) is 7.03. The first kappa shape index (κ1) is 17.0. The highest BCUT2D eigenvalue weighted by Crippen LogP contribution is 2.42. The van der Waals surface area contributed by atoms with Crippen molar-refractivity contribution in [1.29, 1.82) is 0 Å². The lowest BCUT2D eigenvalue weighted by atomic mass is 10.0. The number of aromatic nitrogens is 2. The van der Waals surface area contributed by atoms with Crippen molar-refractivity contribution in [2.45, 2.75) is 0 Å². The Bertz CT molecular complexity index is 1060. The minimum atomic E-state index is 0.582. The maximum atomic E-state index is 5.48. The maximum absolute atomic E-state index is 5.48. The van der Waals surface area contributed by atoms with E-state index in [0.29, 0.717) is 17.2 Å². The summed E-state index contributed by atoms with van der Waals surface area (Å²) in [5.41, 5.74) is 5.02. The number of methoxy groups -OCH3 is 3. The quantitative estimate of drug-likeness (QED) is 0.549.